The van der Waals surface area contributed by atoms with Crippen LogP contribution in [0.3, 0.4) is 0 Å². The van der Waals surface area contributed by atoms with Crippen molar-refractivity contribution in [2.24, 2.45) is 0 Å². The van der Waals surface area contributed by atoms with E-state index in [0.717, 1.165) is 4.47 Å². The van der Waals surface area contributed by atoms with Gasteiger partial charge in [0.05, 0.1) is 5.56 Å². The first-order chi connectivity index (χ1) is 9.27. The van der Waals surface area contributed by atoms with Gasteiger partial charge in [-0.15, -0.1) is 0 Å². The molecule has 0 fully saturated rings. The van der Waals surface area contributed by atoms with E-state index in [-0.39, 0.29) is 17.9 Å². The van der Waals surface area contributed by atoms with Crippen LogP contribution in [-0.4, -0.2) is 0 Å². The Labute approximate surface area is 119 Å². The number of hydrogen-bond donors (Lipinski definition) is 0. The van der Waals surface area contributed by atoms with Crippen molar-refractivity contribution in [3.63, 3.8) is 0 Å². The molecule has 0 saturated heterocycles. The van der Waals surface area contributed by atoms with Gasteiger partial charge in [-0.3, -0.25) is 0 Å². The molecule has 0 heterocycles. The number of benzene rings is 2. The van der Waals surface area contributed by atoms with Crippen LogP contribution in [-0.2, 0) is 6.18 Å². The molecule has 0 aromatic heterocycles. The Hall–Kier alpha value is -1.63. The minimum absolute atomic E-state index is 0.103. The molecule has 0 aliphatic carbocycles. The van der Waals surface area contributed by atoms with Gasteiger partial charge in [0.2, 0.25) is 0 Å². The third-order valence-electron chi connectivity index (χ3n) is 2.36. The maximum absolute atomic E-state index is 13.5. The van der Waals surface area contributed by atoms with Gasteiger partial charge in [0.1, 0.15) is 5.75 Å². The van der Waals surface area contributed by atoms with Crippen LogP contribution in [0.2, 0.25) is 0 Å². The first kappa shape index (κ1) is 14.8. The van der Waals surface area contributed by atoms with Crippen LogP contribution in [0.25, 0.3) is 0 Å². The second kappa shape index (κ2) is 5.40. The van der Waals surface area contributed by atoms with Crippen LogP contribution in [0.15, 0.2) is 40.9 Å². The second-order valence-electron chi connectivity index (χ2n) is 3.82. The van der Waals surface area contributed by atoms with Crippen molar-refractivity contribution >= 4 is 15.9 Å². The lowest BCUT2D eigenvalue weighted by molar-refractivity contribution is -0.138. The highest BCUT2D eigenvalue weighted by Gasteiger charge is 2.33. The zero-order valence-corrected chi connectivity index (χ0v) is 11.2. The molecule has 0 aliphatic heterocycles. The molecule has 2 aromatic carbocycles. The summed E-state index contributed by atoms with van der Waals surface area (Å²) in [7, 11) is 0. The predicted octanol–water partition coefficient (Wildman–Crippen LogP) is 5.54. The van der Waals surface area contributed by atoms with Crippen LogP contribution in [0.5, 0.6) is 11.5 Å². The number of hydrogen-bond acceptors (Lipinski definition) is 1. The van der Waals surface area contributed by atoms with E-state index in [2.05, 4.69) is 15.9 Å². The number of ether oxygens (including phenoxy) is 1. The molecule has 106 valence electrons. The molecular weight excluding hydrogens is 347 g/mol. The standard InChI is InChI=1S/C13H6BrF5O/c14-8-1-3-9(4-2-8)20-12-10(15)5-7(6-11(12)16)13(17,18)19/h1-6H. The van der Waals surface area contributed by atoms with Crippen LogP contribution in [0.4, 0.5) is 22.0 Å². The molecule has 7 heteroatoms. The van der Waals surface area contributed by atoms with Gasteiger partial charge in [-0.2, -0.15) is 13.2 Å². The van der Waals surface area contributed by atoms with E-state index in [1.165, 1.54) is 12.1 Å². The van der Waals surface area contributed by atoms with E-state index in [9.17, 15) is 22.0 Å². The zero-order valence-electron chi connectivity index (χ0n) is 9.64. The minimum Gasteiger partial charge on any atom is -0.451 e. The number of alkyl halides is 3. The smallest absolute Gasteiger partial charge is 0.416 e. The predicted molar refractivity (Wildman–Crippen MR) is 65.6 cm³/mol. The van der Waals surface area contributed by atoms with E-state index >= 15 is 0 Å². The Morgan fingerprint density at radius 3 is 1.85 bits per heavy atom. The summed E-state index contributed by atoms with van der Waals surface area (Å²) < 4.78 is 69.8. The highest BCUT2D eigenvalue weighted by atomic mass is 79.9. The lowest BCUT2D eigenvalue weighted by Crippen LogP contribution is -2.07. The van der Waals surface area contributed by atoms with Crippen molar-refractivity contribution in [3.05, 3.63) is 58.1 Å². The fraction of sp³-hybridized carbons (Fsp3) is 0.0769. The van der Waals surface area contributed by atoms with Crippen molar-refractivity contribution in [2.45, 2.75) is 6.18 Å². The second-order valence-corrected chi connectivity index (χ2v) is 4.74. The topological polar surface area (TPSA) is 9.23 Å². The van der Waals surface area contributed by atoms with Crippen molar-refractivity contribution in [1.82, 2.24) is 0 Å². The van der Waals surface area contributed by atoms with Gasteiger partial charge < -0.3 is 4.74 Å². The molecular formula is C13H6BrF5O. The van der Waals surface area contributed by atoms with Gasteiger partial charge in [0.25, 0.3) is 0 Å². The Morgan fingerprint density at radius 1 is 0.900 bits per heavy atom. The van der Waals surface area contributed by atoms with Crippen LogP contribution < -0.4 is 4.74 Å². The lowest BCUT2D eigenvalue weighted by atomic mass is 10.2. The van der Waals surface area contributed by atoms with E-state index < -0.39 is 29.1 Å². The largest absolute Gasteiger partial charge is 0.451 e. The average molecular weight is 353 g/mol. The molecule has 0 atom stereocenters. The molecule has 0 spiro atoms. The highest BCUT2D eigenvalue weighted by molar-refractivity contribution is 9.10. The molecule has 0 amide bonds. The molecule has 0 unspecified atom stereocenters. The molecule has 0 saturated carbocycles. The molecule has 0 bridgehead atoms. The highest BCUT2D eigenvalue weighted by Crippen LogP contribution is 2.35. The van der Waals surface area contributed by atoms with E-state index in [4.69, 9.17) is 4.74 Å². The number of rotatable bonds is 2. The maximum Gasteiger partial charge on any atom is 0.416 e. The lowest BCUT2D eigenvalue weighted by Gasteiger charge is -2.11. The van der Waals surface area contributed by atoms with Gasteiger partial charge in [-0.05, 0) is 36.4 Å². The van der Waals surface area contributed by atoms with Gasteiger partial charge in [0.15, 0.2) is 17.4 Å². The third-order valence-corrected chi connectivity index (χ3v) is 2.89. The summed E-state index contributed by atoms with van der Waals surface area (Å²) in [6.45, 7) is 0. The summed E-state index contributed by atoms with van der Waals surface area (Å²) in [6.07, 6.45) is -4.82. The van der Waals surface area contributed by atoms with Crippen molar-refractivity contribution in [1.29, 1.82) is 0 Å². The van der Waals surface area contributed by atoms with Gasteiger partial charge in [-0.25, -0.2) is 8.78 Å². The Morgan fingerprint density at radius 2 is 1.40 bits per heavy atom. The fourth-order valence-electron chi connectivity index (χ4n) is 1.44. The quantitative estimate of drug-likeness (QED) is 0.645. The third kappa shape index (κ3) is 3.27. The normalized spacial score (nSPS) is 11.5. The molecule has 1 nitrogen and oxygen atoms in total. The Kier molecular flexibility index (Phi) is 3.99. The first-order valence-electron chi connectivity index (χ1n) is 5.27. The molecule has 0 aliphatic rings. The SMILES string of the molecule is Fc1cc(C(F)(F)F)cc(F)c1Oc1ccc(Br)cc1. The van der Waals surface area contributed by atoms with E-state index in [0.29, 0.717) is 0 Å². The van der Waals surface area contributed by atoms with Gasteiger partial charge in [-0.1, -0.05) is 15.9 Å². The monoisotopic (exact) mass is 352 g/mol. The van der Waals surface area contributed by atoms with Crippen molar-refractivity contribution < 1.29 is 26.7 Å². The molecule has 0 N–H and O–H groups in total. The summed E-state index contributed by atoms with van der Waals surface area (Å²) in [5.74, 6) is -3.61. The van der Waals surface area contributed by atoms with E-state index in [1.54, 1.807) is 12.1 Å². The molecule has 20 heavy (non-hydrogen) atoms. The van der Waals surface area contributed by atoms with Crippen molar-refractivity contribution in [3.8, 4) is 11.5 Å². The number of halogens is 6. The summed E-state index contributed by atoms with van der Waals surface area (Å²) in [6, 6.07) is 6.35. The van der Waals surface area contributed by atoms with E-state index in [1.807, 2.05) is 0 Å². The Bertz CT molecular complexity index is 599. The van der Waals surface area contributed by atoms with Crippen LogP contribution in [0, 0.1) is 11.6 Å². The summed E-state index contributed by atoms with van der Waals surface area (Å²) in [5.41, 5.74) is -1.41. The van der Waals surface area contributed by atoms with Crippen LogP contribution >= 0.6 is 15.9 Å². The minimum atomic E-state index is -4.82. The van der Waals surface area contributed by atoms with Gasteiger partial charge >= 0.3 is 6.18 Å². The van der Waals surface area contributed by atoms with Crippen molar-refractivity contribution in [2.75, 3.05) is 0 Å². The first-order valence-corrected chi connectivity index (χ1v) is 6.06. The molecule has 2 rings (SSSR count). The maximum atomic E-state index is 13.5. The summed E-state index contributed by atoms with van der Waals surface area (Å²) in [5, 5.41) is 0. The molecule has 2 aromatic rings. The summed E-state index contributed by atoms with van der Waals surface area (Å²) in [4.78, 5) is 0. The van der Waals surface area contributed by atoms with Crippen LogP contribution in [0.1, 0.15) is 5.56 Å². The fourth-order valence-corrected chi connectivity index (χ4v) is 1.71. The Balaban J connectivity index is 2.36. The molecule has 0 radical (unpaired) electrons. The zero-order chi connectivity index (χ0) is 14.9. The average Bonchev–Trinajstić information content (AvgIpc) is 2.34. The summed E-state index contributed by atoms with van der Waals surface area (Å²) >= 11 is 3.16. The van der Waals surface area contributed by atoms with Gasteiger partial charge in [0, 0.05) is 4.47 Å².